The first-order valence-electron chi connectivity index (χ1n) is 12.2. The summed E-state index contributed by atoms with van der Waals surface area (Å²) in [5.41, 5.74) is 0.289. The smallest absolute Gasteiger partial charge is 0.319 e. The molecule has 6 rings (SSSR count). The van der Waals surface area contributed by atoms with Crippen LogP contribution in [-0.4, -0.2) is 38.5 Å². The number of hydrogen-bond donors (Lipinski definition) is 1. The zero-order chi connectivity index (χ0) is 23.9. The Kier molecular flexibility index (Phi) is 6.39. The van der Waals surface area contributed by atoms with Crippen molar-refractivity contribution >= 4 is 23.6 Å². The first-order valence-corrected chi connectivity index (χ1v) is 13.1. The molecule has 4 bridgehead atoms. The predicted octanol–water partition coefficient (Wildman–Crippen LogP) is 4.28. The summed E-state index contributed by atoms with van der Waals surface area (Å²) >= 11 is 1.20. The van der Waals surface area contributed by atoms with E-state index >= 15 is 0 Å². The summed E-state index contributed by atoms with van der Waals surface area (Å²) in [7, 11) is 0. The van der Waals surface area contributed by atoms with Crippen molar-refractivity contribution in [3.8, 4) is 5.69 Å². The van der Waals surface area contributed by atoms with Crippen molar-refractivity contribution in [2.45, 2.75) is 69.3 Å². The molecule has 7 nitrogen and oxygen atoms in total. The van der Waals surface area contributed by atoms with Crippen molar-refractivity contribution in [1.82, 2.24) is 20.1 Å². The summed E-state index contributed by atoms with van der Waals surface area (Å²) in [4.78, 5) is 25.6. The van der Waals surface area contributed by atoms with Gasteiger partial charge in [0.1, 0.15) is 11.1 Å². The molecule has 9 heteroatoms. The summed E-state index contributed by atoms with van der Waals surface area (Å²) in [6.07, 6.45) is 6.79. The molecule has 1 N–H and O–H groups in total. The molecule has 0 unspecified atom stereocenters. The fraction of sp³-hybridized carbons (Fsp3) is 0.600. The molecule has 4 fully saturated rings. The highest BCUT2D eigenvalue weighted by Gasteiger charge is 2.54. The van der Waals surface area contributed by atoms with Gasteiger partial charge in [0.25, 0.3) is 0 Å². The fourth-order valence-electron chi connectivity index (χ4n) is 6.57. The highest BCUT2D eigenvalue weighted by Crippen LogP contribution is 2.60. The fourth-order valence-corrected chi connectivity index (χ4v) is 7.45. The van der Waals surface area contributed by atoms with Gasteiger partial charge in [-0.2, -0.15) is 0 Å². The van der Waals surface area contributed by atoms with Crippen molar-refractivity contribution in [3.05, 3.63) is 35.9 Å². The molecule has 4 aliphatic rings. The van der Waals surface area contributed by atoms with Crippen LogP contribution in [0.3, 0.4) is 0 Å². The lowest BCUT2D eigenvalue weighted by Crippen LogP contribution is -2.53. The SMILES string of the molecule is CCOC(=O)[C@@H](C)Sc1nnc(CNC(=O)C23CC4CC(CC(C4)C2)C3)n1-c1cccc(F)c1. The van der Waals surface area contributed by atoms with Gasteiger partial charge in [-0.1, -0.05) is 17.8 Å². The molecule has 0 saturated heterocycles. The molecule has 0 spiro atoms. The minimum absolute atomic E-state index is 0.106. The number of esters is 1. The highest BCUT2D eigenvalue weighted by atomic mass is 32.2. The van der Waals surface area contributed by atoms with Gasteiger partial charge in [-0.15, -0.1) is 10.2 Å². The average molecular weight is 487 g/mol. The molecule has 1 aromatic heterocycles. The molecule has 2 aromatic rings. The van der Waals surface area contributed by atoms with Gasteiger partial charge < -0.3 is 10.1 Å². The van der Waals surface area contributed by atoms with Gasteiger partial charge in [-0.25, -0.2) is 4.39 Å². The van der Waals surface area contributed by atoms with Crippen molar-refractivity contribution in [2.24, 2.45) is 23.2 Å². The lowest BCUT2D eigenvalue weighted by atomic mass is 9.49. The number of nitrogens with one attached hydrogen (secondary N) is 1. The third-order valence-electron chi connectivity index (χ3n) is 7.59. The zero-order valence-electron chi connectivity index (χ0n) is 19.6. The molecule has 0 aliphatic heterocycles. The van der Waals surface area contributed by atoms with E-state index in [9.17, 15) is 14.0 Å². The standard InChI is InChI=1S/C25H31FN4O3S/c1-3-33-22(31)15(2)34-24-29-28-21(30(24)20-6-4-5-19(26)10-20)14-27-23(32)25-11-16-7-17(12-25)9-18(8-16)13-25/h4-6,10,15-18H,3,7-9,11-14H2,1-2H3,(H,27,32)/t15-,16?,17?,18?,25?/m1/s1. The largest absolute Gasteiger partial charge is 0.465 e. The number of benzene rings is 1. The Morgan fingerprint density at radius 1 is 1.21 bits per heavy atom. The number of nitrogens with zero attached hydrogens (tertiary/aromatic N) is 3. The van der Waals surface area contributed by atoms with Gasteiger partial charge in [-0.05, 0) is 88.3 Å². The molecule has 182 valence electrons. The number of hydrogen-bond acceptors (Lipinski definition) is 6. The van der Waals surface area contributed by atoms with E-state index in [4.69, 9.17) is 4.74 Å². The highest BCUT2D eigenvalue weighted by molar-refractivity contribution is 8.00. The summed E-state index contributed by atoms with van der Waals surface area (Å²) in [6, 6.07) is 6.14. The Morgan fingerprint density at radius 3 is 2.50 bits per heavy atom. The number of carbonyl (C=O) groups is 2. The Labute approximate surface area is 203 Å². The Balaban J connectivity index is 1.36. The topological polar surface area (TPSA) is 86.1 Å². The van der Waals surface area contributed by atoms with Crippen LogP contribution in [0.15, 0.2) is 29.4 Å². The van der Waals surface area contributed by atoms with Crippen molar-refractivity contribution in [1.29, 1.82) is 0 Å². The molecular formula is C25H31FN4O3S. The van der Waals surface area contributed by atoms with E-state index < -0.39 is 5.25 Å². The van der Waals surface area contributed by atoms with Crippen LogP contribution in [0.2, 0.25) is 0 Å². The van der Waals surface area contributed by atoms with Crippen LogP contribution in [0, 0.1) is 29.0 Å². The molecule has 1 aromatic carbocycles. The van der Waals surface area contributed by atoms with E-state index in [1.54, 1.807) is 30.5 Å². The Morgan fingerprint density at radius 2 is 1.88 bits per heavy atom. The minimum Gasteiger partial charge on any atom is -0.465 e. The van der Waals surface area contributed by atoms with Gasteiger partial charge in [0.15, 0.2) is 11.0 Å². The number of thioether (sulfide) groups is 1. The van der Waals surface area contributed by atoms with Gasteiger partial charge >= 0.3 is 5.97 Å². The van der Waals surface area contributed by atoms with Gasteiger partial charge in [0.05, 0.1) is 18.8 Å². The van der Waals surface area contributed by atoms with Crippen LogP contribution < -0.4 is 5.32 Å². The summed E-state index contributed by atoms with van der Waals surface area (Å²) in [5, 5.41) is 11.6. The second-order valence-corrected chi connectivity index (χ2v) is 11.4. The van der Waals surface area contributed by atoms with E-state index in [1.807, 2.05) is 0 Å². The zero-order valence-corrected chi connectivity index (χ0v) is 20.4. The maximum Gasteiger partial charge on any atom is 0.319 e. The third kappa shape index (κ3) is 4.46. The van der Waals surface area contributed by atoms with Gasteiger partial charge in [-0.3, -0.25) is 14.2 Å². The summed E-state index contributed by atoms with van der Waals surface area (Å²) in [6.45, 7) is 3.98. The Hall–Kier alpha value is -2.42. The molecule has 4 aliphatic carbocycles. The summed E-state index contributed by atoms with van der Waals surface area (Å²) in [5.74, 6) is 1.92. The van der Waals surface area contributed by atoms with E-state index in [0.29, 0.717) is 41.0 Å². The van der Waals surface area contributed by atoms with Crippen molar-refractivity contribution < 1.29 is 18.7 Å². The van der Waals surface area contributed by atoms with Gasteiger partial charge in [0.2, 0.25) is 5.91 Å². The molecule has 1 heterocycles. The Bertz CT molecular complexity index is 1050. The lowest BCUT2D eigenvalue weighted by molar-refractivity contribution is -0.146. The number of amides is 1. The van der Waals surface area contributed by atoms with E-state index in [0.717, 1.165) is 19.3 Å². The molecule has 4 saturated carbocycles. The first-order chi connectivity index (χ1) is 16.4. The molecule has 1 amide bonds. The average Bonchev–Trinajstić information content (AvgIpc) is 3.19. The second-order valence-electron chi connectivity index (χ2n) is 10.1. The van der Waals surface area contributed by atoms with E-state index in [2.05, 4.69) is 15.5 Å². The lowest BCUT2D eigenvalue weighted by Gasteiger charge is -2.55. The first kappa shape index (κ1) is 23.3. The predicted molar refractivity (Wildman–Crippen MR) is 126 cm³/mol. The van der Waals surface area contributed by atoms with Crippen molar-refractivity contribution in [3.63, 3.8) is 0 Å². The molecule has 1 atom stereocenters. The minimum atomic E-state index is -0.508. The molecule has 34 heavy (non-hydrogen) atoms. The van der Waals surface area contributed by atoms with Crippen LogP contribution in [0.25, 0.3) is 5.69 Å². The van der Waals surface area contributed by atoms with Crippen molar-refractivity contribution in [2.75, 3.05) is 6.61 Å². The maximum atomic E-state index is 14.0. The van der Waals surface area contributed by atoms with Crippen LogP contribution >= 0.6 is 11.8 Å². The molecule has 0 radical (unpaired) electrons. The molecular weight excluding hydrogens is 455 g/mol. The van der Waals surface area contributed by atoms with Crippen LogP contribution in [-0.2, 0) is 20.9 Å². The van der Waals surface area contributed by atoms with E-state index in [1.165, 1.54) is 43.2 Å². The van der Waals surface area contributed by atoms with Crippen LogP contribution in [0.1, 0.15) is 58.2 Å². The monoisotopic (exact) mass is 486 g/mol. The number of aromatic nitrogens is 3. The van der Waals surface area contributed by atoms with Gasteiger partial charge in [0, 0.05) is 5.41 Å². The summed E-state index contributed by atoms with van der Waals surface area (Å²) < 4.78 is 20.9. The number of carbonyl (C=O) groups excluding carboxylic acids is 2. The second kappa shape index (κ2) is 9.32. The van der Waals surface area contributed by atoms with E-state index in [-0.39, 0.29) is 29.7 Å². The normalized spacial score (nSPS) is 28.0. The van der Waals surface area contributed by atoms with Crippen LogP contribution in [0.5, 0.6) is 0 Å². The van der Waals surface area contributed by atoms with Crippen LogP contribution in [0.4, 0.5) is 4.39 Å². The number of ether oxygens (including phenoxy) is 1. The quantitative estimate of drug-likeness (QED) is 0.443. The third-order valence-corrected chi connectivity index (χ3v) is 8.62. The number of halogens is 1. The number of rotatable bonds is 8. The maximum absolute atomic E-state index is 14.0.